The first kappa shape index (κ1) is 22.3. The van der Waals surface area contributed by atoms with Crippen LogP contribution in [0.2, 0.25) is 0 Å². The summed E-state index contributed by atoms with van der Waals surface area (Å²) in [5.41, 5.74) is 3.88. The number of aryl methyl sites for hydroxylation is 3. The van der Waals surface area contributed by atoms with Crippen LogP contribution in [0.4, 0.5) is 10.1 Å². The van der Waals surface area contributed by atoms with E-state index in [0.717, 1.165) is 11.1 Å². The molecule has 1 saturated heterocycles. The average Bonchev–Trinajstić information content (AvgIpc) is 3.06. The maximum absolute atomic E-state index is 13.7. The van der Waals surface area contributed by atoms with E-state index in [1.54, 1.807) is 38.3 Å². The average molecular weight is 445 g/mol. The molecular weight excluding hydrogens is 421 g/mol. The first-order chi connectivity index (χ1) is 15.7. The van der Waals surface area contributed by atoms with Gasteiger partial charge in [0.15, 0.2) is 0 Å². The molecule has 168 valence electrons. The van der Waals surface area contributed by atoms with Crippen LogP contribution >= 0.6 is 0 Å². The summed E-state index contributed by atoms with van der Waals surface area (Å²) in [5.74, 6) is -1.61. The number of aliphatic hydroxyl groups excluding tert-OH is 1. The highest BCUT2D eigenvalue weighted by Crippen LogP contribution is 2.43. The van der Waals surface area contributed by atoms with Crippen molar-refractivity contribution in [3.8, 4) is 5.75 Å². The van der Waals surface area contributed by atoms with Gasteiger partial charge >= 0.3 is 0 Å². The van der Waals surface area contributed by atoms with Crippen LogP contribution in [0.3, 0.4) is 0 Å². The summed E-state index contributed by atoms with van der Waals surface area (Å²) in [6.07, 6.45) is 0. The molecule has 1 atom stereocenters. The van der Waals surface area contributed by atoms with Gasteiger partial charge < -0.3 is 9.84 Å². The molecule has 0 spiro atoms. The van der Waals surface area contributed by atoms with Crippen molar-refractivity contribution in [1.82, 2.24) is 0 Å². The number of anilines is 1. The molecule has 1 aliphatic rings. The van der Waals surface area contributed by atoms with Crippen molar-refractivity contribution in [2.24, 2.45) is 0 Å². The number of hydrogen-bond donors (Lipinski definition) is 1. The van der Waals surface area contributed by atoms with Crippen LogP contribution in [0.15, 0.2) is 66.2 Å². The Labute approximate surface area is 191 Å². The Kier molecular flexibility index (Phi) is 5.77. The van der Waals surface area contributed by atoms with Gasteiger partial charge in [-0.25, -0.2) is 4.39 Å². The largest absolute Gasteiger partial charge is 0.507 e. The molecule has 4 rings (SSSR count). The summed E-state index contributed by atoms with van der Waals surface area (Å²) in [4.78, 5) is 27.8. The van der Waals surface area contributed by atoms with Gasteiger partial charge in [-0.1, -0.05) is 29.8 Å². The minimum absolute atomic E-state index is 0.0418. The van der Waals surface area contributed by atoms with Gasteiger partial charge in [-0.05, 0) is 73.9 Å². The van der Waals surface area contributed by atoms with E-state index in [1.807, 2.05) is 26.0 Å². The molecule has 3 aromatic rings. The summed E-state index contributed by atoms with van der Waals surface area (Å²) in [6, 6.07) is 15.4. The van der Waals surface area contributed by atoms with Crippen LogP contribution in [0.5, 0.6) is 5.75 Å². The predicted octanol–water partition coefficient (Wildman–Crippen LogP) is 5.39. The van der Waals surface area contributed by atoms with Crippen LogP contribution in [-0.2, 0) is 9.59 Å². The van der Waals surface area contributed by atoms with Crippen LogP contribution in [0.25, 0.3) is 5.76 Å². The summed E-state index contributed by atoms with van der Waals surface area (Å²) in [5, 5.41) is 11.3. The number of aliphatic hydroxyl groups is 1. The number of benzene rings is 3. The van der Waals surface area contributed by atoms with E-state index >= 15 is 0 Å². The van der Waals surface area contributed by atoms with Gasteiger partial charge in [0, 0.05) is 11.3 Å². The number of carbonyl (C=O) groups is 2. The molecule has 5 nitrogen and oxygen atoms in total. The van der Waals surface area contributed by atoms with Crippen molar-refractivity contribution in [3.63, 3.8) is 0 Å². The minimum Gasteiger partial charge on any atom is -0.507 e. The van der Waals surface area contributed by atoms with Crippen molar-refractivity contribution < 1.29 is 23.8 Å². The van der Waals surface area contributed by atoms with Gasteiger partial charge in [-0.3, -0.25) is 14.5 Å². The van der Waals surface area contributed by atoms with Crippen molar-refractivity contribution in [2.45, 2.75) is 26.8 Å². The SMILES string of the molecule is COc1cc(C)c(/C(O)=C2\C(=O)C(=O)N(c3ccc(C)cc3)C2c2ccc(F)cc2)cc1C. The Morgan fingerprint density at radius 3 is 2.18 bits per heavy atom. The molecule has 1 fully saturated rings. The molecule has 1 N–H and O–H groups in total. The standard InChI is InChI=1S/C27H24FNO4/c1-15-5-11-20(12-6-15)29-24(18-7-9-19(28)10-8-18)23(26(31)27(29)32)25(30)21-13-17(3)22(33-4)14-16(21)2/h5-14,24,30H,1-4H3/b25-23+. The number of hydrogen-bond acceptors (Lipinski definition) is 4. The number of nitrogens with zero attached hydrogens (tertiary/aromatic N) is 1. The second-order valence-electron chi connectivity index (χ2n) is 8.19. The first-order valence-electron chi connectivity index (χ1n) is 10.5. The molecule has 0 radical (unpaired) electrons. The fourth-order valence-electron chi connectivity index (χ4n) is 4.17. The molecule has 6 heteroatoms. The highest BCUT2D eigenvalue weighted by atomic mass is 19.1. The van der Waals surface area contributed by atoms with Crippen molar-refractivity contribution >= 4 is 23.1 Å². The number of halogens is 1. The third kappa shape index (κ3) is 3.89. The van der Waals surface area contributed by atoms with Gasteiger partial charge in [-0.15, -0.1) is 0 Å². The fraction of sp³-hybridized carbons (Fsp3) is 0.185. The molecule has 0 aliphatic carbocycles. The van der Waals surface area contributed by atoms with E-state index in [0.29, 0.717) is 28.1 Å². The molecule has 0 aromatic heterocycles. The Morgan fingerprint density at radius 2 is 1.58 bits per heavy atom. The van der Waals surface area contributed by atoms with Crippen molar-refractivity contribution in [2.75, 3.05) is 12.0 Å². The molecule has 1 amide bonds. The quantitative estimate of drug-likeness (QED) is 0.332. The summed E-state index contributed by atoms with van der Waals surface area (Å²) in [7, 11) is 1.56. The van der Waals surface area contributed by atoms with Gasteiger partial charge in [-0.2, -0.15) is 0 Å². The Balaban J connectivity index is 1.96. The molecule has 1 aliphatic heterocycles. The van der Waals surface area contributed by atoms with E-state index in [-0.39, 0.29) is 11.3 Å². The first-order valence-corrected chi connectivity index (χ1v) is 10.5. The summed E-state index contributed by atoms with van der Waals surface area (Å²) >= 11 is 0. The van der Waals surface area contributed by atoms with Crippen LogP contribution in [0, 0.1) is 26.6 Å². The summed E-state index contributed by atoms with van der Waals surface area (Å²) < 4.78 is 19.0. The molecule has 0 saturated carbocycles. The molecule has 33 heavy (non-hydrogen) atoms. The zero-order valence-corrected chi connectivity index (χ0v) is 18.8. The normalized spacial score (nSPS) is 17.5. The van der Waals surface area contributed by atoms with E-state index < -0.39 is 23.5 Å². The maximum Gasteiger partial charge on any atom is 0.300 e. The number of amides is 1. The Bertz CT molecular complexity index is 1280. The minimum atomic E-state index is -0.907. The Hall–Kier alpha value is -3.93. The number of methoxy groups -OCH3 is 1. The third-order valence-electron chi connectivity index (χ3n) is 5.94. The topological polar surface area (TPSA) is 66.8 Å². The smallest absolute Gasteiger partial charge is 0.300 e. The van der Waals surface area contributed by atoms with Crippen molar-refractivity contribution in [3.05, 3.63) is 99.9 Å². The predicted molar refractivity (Wildman–Crippen MR) is 125 cm³/mol. The van der Waals surface area contributed by atoms with E-state index in [1.165, 1.54) is 29.2 Å². The lowest BCUT2D eigenvalue weighted by molar-refractivity contribution is -0.132. The van der Waals surface area contributed by atoms with Gasteiger partial charge in [0.05, 0.1) is 18.7 Å². The van der Waals surface area contributed by atoms with E-state index in [4.69, 9.17) is 4.74 Å². The van der Waals surface area contributed by atoms with E-state index in [2.05, 4.69) is 0 Å². The number of carbonyl (C=O) groups excluding carboxylic acids is 2. The second-order valence-corrected chi connectivity index (χ2v) is 8.19. The lowest BCUT2D eigenvalue weighted by Gasteiger charge is -2.25. The molecule has 1 heterocycles. The molecular formula is C27H24FNO4. The van der Waals surface area contributed by atoms with Gasteiger partial charge in [0.1, 0.15) is 17.3 Å². The van der Waals surface area contributed by atoms with Crippen molar-refractivity contribution in [1.29, 1.82) is 0 Å². The lowest BCUT2D eigenvalue weighted by Crippen LogP contribution is -2.29. The third-order valence-corrected chi connectivity index (χ3v) is 5.94. The molecule has 0 bridgehead atoms. The van der Waals surface area contributed by atoms with Gasteiger partial charge in [0.25, 0.3) is 11.7 Å². The molecule has 1 unspecified atom stereocenters. The molecule has 3 aromatic carbocycles. The van der Waals surface area contributed by atoms with Crippen LogP contribution in [-0.4, -0.2) is 23.9 Å². The maximum atomic E-state index is 13.7. The summed E-state index contributed by atoms with van der Waals surface area (Å²) in [6.45, 7) is 5.54. The van der Waals surface area contributed by atoms with E-state index in [9.17, 15) is 19.1 Å². The fourth-order valence-corrected chi connectivity index (χ4v) is 4.17. The zero-order chi connectivity index (χ0) is 23.9. The van der Waals surface area contributed by atoms with Crippen LogP contribution < -0.4 is 9.64 Å². The highest BCUT2D eigenvalue weighted by molar-refractivity contribution is 6.51. The Morgan fingerprint density at radius 1 is 0.939 bits per heavy atom. The number of Topliss-reactive ketones (excluding diaryl/α,β-unsaturated/α-hetero) is 1. The number of ether oxygens (including phenoxy) is 1. The van der Waals surface area contributed by atoms with Gasteiger partial charge in [0.2, 0.25) is 0 Å². The zero-order valence-electron chi connectivity index (χ0n) is 18.8. The lowest BCUT2D eigenvalue weighted by atomic mass is 9.93. The van der Waals surface area contributed by atoms with Crippen LogP contribution in [0.1, 0.15) is 33.9 Å². The highest BCUT2D eigenvalue weighted by Gasteiger charge is 2.47. The number of rotatable bonds is 4. The monoisotopic (exact) mass is 445 g/mol. The number of ketones is 1. The second kappa shape index (κ2) is 8.54.